The lowest BCUT2D eigenvalue weighted by atomic mass is 10.0. The Bertz CT molecular complexity index is 410. The lowest BCUT2D eigenvalue weighted by Gasteiger charge is -2.29. The van der Waals surface area contributed by atoms with E-state index in [-0.39, 0.29) is 0 Å². The van der Waals surface area contributed by atoms with Crippen molar-refractivity contribution >= 4 is 0 Å². The molecule has 0 aromatic carbocycles. The number of rotatable bonds is 4. The highest BCUT2D eigenvalue weighted by atomic mass is 15.3. The Hall–Kier alpha value is -0.870. The van der Waals surface area contributed by atoms with Gasteiger partial charge in [0.05, 0.1) is 5.69 Å². The molecule has 0 radical (unpaired) electrons. The van der Waals surface area contributed by atoms with Crippen LogP contribution in [-0.2, 0) is 6.54 Å². The van der Waals surface area contributed by atoms with Gasteiger partial charge in [-0.15, -0.1) is 0 Å². The van der Waals surface area contributed by atoms with Crippen LogP contribution in [0, 0.1) is 5.92 Å². The molecule has 1 fully saturated rings. The number of nitrogens with zero attached hydrogens (tertiary/aromatic N) is 3. The van der Waals surface area contributed by atoms with Crippen molar-refractivity contribution in [3.63, 3.8) is 0 Å². The molecule has 2 heterocycles. The summed E-state index contributed by atoms with van der Waals surface area (Å²) in [5.74, 6) is 0.677. The van der Waals surface area contributed by atoms with E-state index in [4.69, 9.17) is 5.10 Å². The van der Waals surface area contributed by atoms with Crippen LogP contribution < -0.4 is 5.32 Å². The quantitative estimate of drug-likeness (QED) is 0.919. The van der Waals surface area contributed by atoms with E-state index in [0.29, 0.717) is 24.0 Å². The largest absolute Gasteiger partial charge is 0.312 e. The van der Waals surface area contributed by atoms with Crippen molar-refractivity contribution in [2.75, 3.05) is 13.1 Å². The van der Waals surface area contributed by atoms with Gasteiger partial charge in [-0.1, -0.05) is 13.8 Å². The summed E-state index contributed by atoms with van der Waals surface area (Å²) in [6, 6.07) is 3.81. The summed E-state index contributed by atoms with van der Waals surface area (Å²) in [7, 11) is 0. The van der Waals surface area contributed by atoms with Crippen molar-refractivity contribution in [1.82, 2.24) is 20.0 Å². The minimum absolute atomic E-state index is 0.440. The zero-order valence-corrected chi connectivity index (χ0v) is 13.6. The summed E-state index contributed by atoms with van der Waals surface area (Å²) in [4.78, 5) is 2.58. The molecule has 0 amide bonds. The molecule has 20 heavy (non-hydrogen) atoms. The molecule has 4 heteroatoms. The van der Waals surface area contributed by atoms with Gasteiger partial charge in [0.15, 0.2) is 0 Å². The molecule has 1 aliphatic heterocycles. The molecule has 1 N–H and O–H groups in total. The van der Waals surface area contributed by atoms with Gasteiger partial charge in [0.1, 0.15) is 0 Å². The molecule has 0 bridgehead atoms. The monoisotopic (exact) mass is 278 g/mol. The Morgan fingerprint density at radius 1 is 1.35 bits per heavy atom. The topological polar surface area (TPSA) is 33.1 Å². The van der Waals surface area contributed by atoms with Gasteiger partial charge in [-0.3, -0.25) is 9.58 Å². The second-order valence-electron chi connectivity index (χ2n) is 6.75. The van der Waals surface area contributed by atoms with E-state index in [0.717, 1.165) is 19.6 Å². The fourth-order valence-electron chi connectivity index (χ4n) is 2.78. The Labute approximate surface area is 123 Å². The van der Waals surface area contributed by atoms with E-state index in [1.54, 1.807) is 0 Å². The van der Waals surface area contributed by atoms with Crippen LogP contribution in [0.25, 0.3) is 0 Å². The van der Waals surface area contributed by atoms with Crippen LogP contribution in [-0.4, -0.2) is 39.9 Å². The summed E-state index contributed by atoms with van der Waals surface area (Å²) in [6.45, 7) is 14.5. The Morgan fingerprint density at radius 2 is 2.10 bits per heavy atom. The summed E-state index contributed by atoms with van der Waals surface area (Å²) < 4.78 is 2.05. The first-order valence-corrected chi connectivity index (χ1v) is 7.99. The fraction of sp³-hybridized carbons (Fsp3) is 0.812. The molecule has 2 unspecified atom stereocenters. The van der Waals surface area contributed by atoms with Crippen LogP contribution in [0.5, 0.6) is 0 Å². The Balaban J connectivity index is 2.04. The van der Waals surface area contributed by atoms with Crippen molar-refractivity contribution in [1.29, 1.82) is 0 Å². The van der Waals surface area contributed by atoms with E-state index < -0.39 is 0 Å². The highest BCUT2D eigenvalue weighted by Gasteiger charge is 2.25. The molecule has 4 nitrogen and oxygen atoms in total. The van der Waals surface area contributed by atoms with Crippen LogP contribution in [0.1, 0.15) is 52.8 Å². The average Bonchev–Trinajstić information content (AvgIpc) is 2.76. The number of hydrogen-bond acceptors (Lipinski definition) is 3. The molecule has 0 aliphatic carbocycles. The molecule has 0 saturated carbocycles. The van der Waals surface area contributed by atoms with Crippen molar-refractivity contribution in [3.8, 4) is 0 Å². The molecule has 1 aromatic heterocycles. The highest BCUT2D eigenvalue weighted by molar-refractivity contribution is 5.00. The van der Waals surface area contributed by atoms with Crippen molar-refractivity contribution < 1.29 is 0 Å². The van der Waals surface area contributed by atoms with E-state index >= 15 is 0 Å². The highest BCUT2D eigenvalue weighted by Crippen LogP contribution is 2.16. The molecule has 1 aliphatic rings. The minimum Gasteiger partial charge on any atom is -0.312 e. The number of nitrogens with one attached hydrogen (secondary N) is 1. The van der Waals surface area contributed by atoms with Gasteiger partial charge in [0, 0.05) is 37.4 Å². The third-order valence-corrected chi connectivity index (χ3v) is 4.39. The lowest BCUT2D eigenvalue weighted by Crippen LogP contribution is -2.42. The zero-order valence-electron chi connectivity index (χ0n) is 13.6. The van der Waals surface area contributed by atoms with E-state index in [9.17, 15) is 0 Å². The lowest BCUT2D eigenvalue weighted by molar-refractivity contribution is 0.181. The molecule has 0 spiro atoms. The molecular weight excluding hydrogens is 248 g/mol. The van der Waals surface area contributed by atoms with Crippen LogP contribution in [0.15, 0.2) is 12.3 Å². The maximum Gasteiger partial charge on any atom is 0.0765 e. The predicted molar refractivity (Wildman–Crippen MR) is 83.7 cm³/mol. The van der Waals surface area contributed by atoms with E-state index in [1.165, 1.54) is 12.1 Å². The van der Waals surface area contributed by atoms with Crippen molar-refractivity contribution in [3.05, 3.63) is 18.0 Å². The van der Waals surface area contributed by atoms with Crippen LogP contribution in [0.2, 0.25) is 0 Å². The van der Waals surface area contributed by atoms with Gasteiger partial charge in [0.25, 0.3) is 0 Å². The summed E-state index contributed by atoms with van der Waals surface area (Å²) in [5.41, 5.74) is 1.19. The molecular formula is C16H30N4. The van der Waals surface area contributed by atoms with Gasteiger partial charge >= 0.3 is 0 Å². The zero-order chi connectivity index (χ0) is 14.7. The van der Waals surface area contributed by atoms with Crippen molar-refractivity contribution in [2.45, 2.75) is 65.7 Å². The van der Waals surface area contributed by atoms with Crippen LogP contribution in [0.3, 0.4) is 0 Å². The van der Waals surface area contributed by atoms with E-state index in [1.807, 2.05) is 0 Å². The maximum absolute atomic E-state index is 4.69. The molecule has 114 valence electrons. The second-order valence-corrected chi connectivity index (χ2v) is 6.75. The molecule has 1 saturated heterocycles. The van der Waals surface area contributed by atoms with Gasteiger partial charge in [-0.25, -0.2) is 0 Å². The molecule has 1 aromatic rings. The fourth-order valence-corrected chi connectivity index (χ4v) is 2.78. The maximum atomic E-state index is 4.69. The second kappa shape index (κ2) is 6.72. The standard InChI is InChI=1S/C16H30N4/c1-12(2)16-11-19(14(5)6-8-17-16)10-15-7-9-20(18-15)13(3)4/h7,9,12-14,16-17H,6,8,10-11H2,1-5H3. The normalized spacial score (nSPS) is 25.4. The number of hydrogen-bond donors (Lipinski definition) is 1. The third kappa shape index (κ3) is 3.83. The SMILES string of the molecule is CC(C)C1CN(Cc2ccn(C(C)C)n2)C(C)CCN1. The van der Waals surface area contributed by atoms with Crippen LogP contribution >= 0.6 is 0 Å². The first-order chi connectivity index (χ1) is 9.47. The first-order valence-electron chi connectivity index (χ1n) is 7.99. The smallest absolute Gasteiger partial charge is 0.0765 e. The summed E-state index contributed by atoms with van der Waals surface area (Å²) in [6.07, 6.45) is 3.31. The minimum atomic E-state index is 0.440. The van der Waals surface area contributed by atoms with Gasteiger partial charge in [-0.05, 0) is 45.7 Å². The van der Waals surface area contributed by atoms with Gasteiger partial charge < -0.3 is 5.32 Å². The predicted octanol–water partition coefficient (Wildman–Crippen LogP) is 2.67. The van der Waals surface area contributed by atoms with Gasteiger partial charge in [-0.2, -0.15) is 5.10 Å². The summed E-state index contributed by atoms with van der Waals surface area (Å²) >= 11 is 0. The molecule has 2 atom stereocenters. The van der Waals surface area contributed by atoms with Crippen molar-refractivity contribution in [2.24, 2.45) is 5.92 Å². The first kappa shape index (κ1) is 15.5. The average molecular weight is 278 g/mol. The Morgan fingerprint density at radius 3 is 2.70 bits per heavy atom. The van der Waals surface area contributed by atoms with Gasteiger partial charge in [0.2, 0.25) is 0 Å². The third-order valence-electron chi connectivity index (χ3n) is 4.39. The van der Waals surface area contributed by atoms with E-state index in [2.05, 4.69) is 61.8 Å². The number of aromatic nitrogens is 2. The Kier molecular flexibility index (Phi) is 5.22. The van der Waals surface area contributed by atoms with Crippen LogP contribution in [0.4, 0.5) is 0 Å². The molecule has 2 rings (SSSR count). The summed E-state index contributed by atoms with van der Waals surface area (Å²) in [5, 5.41) is 8.38.